The van der Waals surface area contributed by atoms with Gasteiger partial charge in [-0.15, -0.1) is 24.0 Å². The van der Waals surface area contributed by atoms with E-state index in [1.54, 1.807) is 23.3 Å². The van der Waals surface area contributed by atoms with Gasteiger partial charge in [-0.1, -0.05) is 71.8 Å². The van der Waals surface area contributed by atoms with E-state index in [1.807, 2.05) is 0 Å². The second-order valence-electron chi connectivity index (χ2n) is 6.22. The number of fused-ring (bicyclic) bond motifs is 2. The van der Waals surface area contributed by atoms with Gasteiger partial charge in [-0.3, -0.25) is 0 Å². The van der Waals surface area contributed by atoms with Gasteiger partial charge < -0.3 is 23.4 Å². The molecule has 2 unspecified atom stereocenters. The molecule has 0 N–H and O–H groups in total. The number of hydrogen-bond acceptors (Lipinski definition) is 0. The molecule has 120 valence electrons. The monoisotopic (exact) mass is 470 g/mol. The molecular formula is C21H21BrSiZr. The second-order valence-corrected chi connectivity index (χ2v) is 15.6. The third-order valence-corrected chi connectivity index (χ3v) is 4.09. The van der Waals surface area contributed by atoms with Gasteiger partial charge in [0.15, 0.2) is 0 Å². The maximum atomic E-state index is 2.45. The van der Waals surface area contributed by atoms with Crippen molar-refractivity contribution in [3.63, 3.8) is 0 Å². The van der Waals surface area contributed by atoms with Crippen molar-refractivity contribution in [1.29, 1.82) is 0 Å². The molecule has 2 aromatic rings. The van der Waals surface area contributed by atoms with Gasteiger partial charge >= 0.3 is 41.9 Å². The molecule has 0 bridgehead atoms. The SMILES string of the molecule is C1=CC([CH-]C2C=Cc3ccccc32)c2ccccc21.C[Si](C)=[Zr+2].[Br-]. The molecule has 0 saturated carbocycles. The van der Waals surface area contributed by atoms with Gasteiger partial charge in [0, 0.05) is 0 Å². The molecule has 4 rings (SSSR count). The first kappa shape index (κ1) is 19.8. The van der Waals surface area contributed by atoms with Crippen LogP contribution >= 0.6 is 0 Å². The second kappa shape index (κ2) is 9.27. The van der Waals surface area contributed by atoms with E-state index >= 15 is 0 Å². The minimum atomic E-state index is 0. The molecule has 0 aliphatic heterocycles. The Morgan fingerprint density at radius 2 is 1.17 bits per heavy atom. The fourth-order valence-electron chi connectivity index (χ4n) is 3.11. The average molecular weight is 473 g/mol. The largest absolute Gasteiger partial charge is 1.00 e. The summed E-state index contributed by atoms with van der Waals surface area (Å²) < 4.78 is 0. The molecule has 24 heavy (non-hydrogen) atoms. The van der Waals surface area contributed by atoms with E-state index in [0.717, 1.165) is 0 Å². The Balaban J connectivity index is 0.000000379. The number of benzene rings is 2. The standard InChI is InChI=1S/C19H15.C2H6Si.BrH.Zr/c1-3-7-18-14(5-1)9-11-16(18)13-17-12-10-15-6-2-4-8-19(15)17;1-3-2;;/h1-13,16-17H;1-2H3;1H;/q-1;;;+2/p-1. The predicted octanol–water partition coefficient (Wildman–Crippen LogP) is 2.60. The topological polar surface area (TPSA) is 0 Å². The summed E-state index contributed by atoms with van der Waals surface area (Å²) in [6.07, 6.45) is 11.5. The van der Waals surface area contributed by atoms with Crippen LogP contribution < -0.4 is 17.0 Å². The van der Waals surface area contributed by atoms with Crippen molar-refractivity contribution >= 4 is 17.6 Å². The molecule has 0 saturated heterocycles. The Kier molecular flexibility index (Phi) is 7.65. The molecule has 0 nitrogen and oxygen atoms in total. The molecule has 2 aliphatic carbocycles. The number of rotatable bonds is 2. The summed E-state index contributed by atoms with van der Waals surface area (Å²) in [4.78, 5) is 0. The van der Waals surface area contributed by atoms with E-state index in [2.05, 4.69) is 92.3 Å². The maximum Gasteiger partial charge on any atom is -1.00 e. The Bertz CT molecular complexity index is 715. The fraction of sp³-hybridized carbons (Fsp3) is 0.190. The van der Waals surface area contributed by atoms with Crippen LogP contribution in [0.15, 0.2) is 60.7 Å². The van der Waals surface area contributed by atoms with Crippen molar-refractivity contribution in [1.82, 2.24) is 0 Å². The van der Waals surface area contributed by atoms with E-state index in [9.17, 15) is 0 Å². The normalized spacial score (nSPS) is 19.0. The fourth-order valence-corrected chi connectivity index (χ4v) is 3.11. The van der Waals surface area contributed by atoms with Crippen LogP contribution in [0.4, 0.5) is 0 Å². The van der Waals surface area contributed by atoms with Gasteiger partial charge in [0.1, 0.15) is 0 Å². The molecule has 0 amide bonds. The van der Waals surface area contributed by atoms with Crippen LogP contribution in [0.1, 0.15) is 34.1 Å². The van der Waals surface area contributed by atoms with Crippen LogP contribution in [0.3, 0.4) is 0 Å². The Labute approximate surface area is 171 Å². The van der Waals surface area contributed by atoms with E-state index < -0.39 is 0 Å². The summed E-state index contributed by atoms with van der Waals surface area (Å²) >= 11 is 1.74. The minimum Gasteiger partial charge on any atom is -1.00 e. The molecule has 0 spiro atoms. The Morgan fingerprint density at radius 1 is 0.792 bits per heavy atom. The molecule has 3 heteroatoms. The maximum absolute atomic E-state index is 2.45. The van der Waals surface area contributed by atoms with Crippen molar-refractivity contribution in [2.24, 2.45) is 0 Å². The van der Waals surface area contributed by atoms with Crippen LogP contribution in [0.5, 0.6) is 0 Å². The smallest absolute Gasteiger partial charge is 1.00 e. The average Bonchev–Trinajstić information content (AvgIpc) is 3.13. The van der Waals surface area contributed by atoms with E-state index in [1.165, 1.54) is 22.3 Å². The zero-order valence-corrected chi connectivity index (χ0v) is 19.1. The third kappa shape index (κ3) is 4.77. The Hall–Kier alpha value is -0.500. The van der Waals surface area contributed by atoms with Gasteiger partial charge in [0.05, 0.1) is 0 Å². The summed E-state index contributed by atoms with van der Waals surface area (Å²) in [5.74, 6) is 0.883. The summed E-state index contributed by atoms with van der Waals surface area (Å²) in [5, 5.41) is 0. The molecule has 2 aliphatic rings. The van der Waals surface area contributed by atoms with E-state index in [0.29, 0.717) is 11.8 Å². The zero-order valence-electron chi connectivity index (χ0n) is 14.0. The molecule has 2 aromatic carbocycles. The van der Waals surface area contributed by atoms with Gasteiger partial charge in [-0.25, -0.2) is 0 Å². The molecular weight excluding hydrogens is 451 g/mol. The summed E-state index contributed by atoms with van der Waals surface area (Å²) in [6, 6.07) is 17.3. The van der Waals surface area contributed by atoms with Crippen molar-refractivity contribution < 1.29 is 40.3 Å². The molecule has 0 radical (unpaired) electrons. The number of hydrogen-bond donors (Lipinski definition) is 0. The summed E-state index contributed by atoms with van der Waals surface area (Å²) in [5.41, 5.74) is 5.79. The van der Waals surface area contributed by atoms with E-state index in [-0.39, 0.29) is 22.4 Å². The van der Waals surface area contributed by atoms with E-state index in [4.69, 9.17) is 0 Å². The van der Waals surface area contributed by atoms with Crippen molar-refractivity contribution in [2.45, 2.75) is 24.9 Å². The minimum absolute atomic E-state index is 0. The first-order valence-electron chi connectivity index (χ1n) is 8.06. The van der Waals surface area contributed by atoms with Crippen LogP contribution in [0.25, 0.3) is 12.2 Å². The van der Waals surface area contributed by atoms with Crippen LogP contribution in [-0.4, -0.2) is 5.43 Å². The summed E-state index contributed by atoms with van der Waals surface area (Å²) in [7, 11) is 0. The molecule has 0 fully saturated rings. The number of halogens is 1. The molecule has 0 aromatic heterocycles. The molecule has 2 atom stereocenters. The third-order valence-electron chi connectivity index (χ3n) is 4.09. The van der Waals surface area contributed by atoms with Crippen molar-refractivity contribution in [3.05, 3.63) is 89.4 Å². The summed E-state index contributed by atoms with van der Waals surface area (Å²) in [6.45, 7) is 4.62. The van der Waals surface area contributed by atoms with Crippen molar-refractivity contribution in [3.8, 4) is 0 Å². The van der Waals surface area contributed by atoms with Gasteiger partial charge in [0.25, 0.3) is 0 Å². The first-order chi connectivity index (χ1) is 11.1. The molecule has 0 heterocycles. The first-order valence-corrected chi connectivity index (χ1v) is 14.2. The van der Waals surface area contributed by atoms with Gasteiger partial charge in [-0.2, -0.15) is 0 Å². The zero-order chi connectivity index (χ0) is 16.2. The van der Waals surface area contributed by atoms with Crippen molar-refractivity contribution in [2.75, 3.05) is 0 Å². The van der Waals surface area contributed by atoms with Gasteiger partial charge in [-0.05, 0) is 11.1 Å². The van der Waals surface area contributed by atoms with Crippen LogP contribution in [0, 0.1) is 6.42 Å². The van der Waals surface area contributed by atoms with Crippen LogP contribution in [0.2, 0.25) is 13.1 Å². The number of allylic oxidation sites excluding steroid dienone is 2. The van der Waals surface area contributed by atoms with Gasteiger partial charge in [0.2, 0.25) is 0 Å². The van der Waals surface area contributed by atoms with Crippen LogP contribution in [-0.2, 0) is 23.3 Å². The quantitative estimate of drug-likeness (QED) is 0.466. The predicted molar refractivity (Wildman–Crippen MR) is 98.2 cm³/mol. The Morgan fingerprint density at radius 3 is 1.58 bits per heavy atom.